The van der Waals surface area contributed by atoms with Crippen molar-refractivity contribution in [3.05, 3.63) is 29.9 Å². The maximum absolute atomic E-state index is 5.26. The van der Waals surface area contributed by atoms with E-state index in [0.717, 1.165) is 22.6 Å². The zero-order valence-electron chi connectivity index (χ0n) is 8.29. The van der Waals surface area contributed by atoms with Gasteiger partial charge in [0.15, 0.2) is 0 Å². The Balaban J connectivity index is 2.50. The Morgan fingerprint density at radius 1 is 1.14 bits per heavy atom. The molecule has 3 heteroatoms. The van der Waals surface area contributed by atoms with Crippen molar-refractivity contribution in [3.8, 4) is 11.5 Å². The molecule has 1 aliphatic heterocycles. The molecule has 0 bridgehead atoms. The topological polar surface area (TPSA) is 27.7 Å². The molecule has 0 aromatic heterocycles. The third kappa shape index (κ3) is 1.44. The van der Waals surface area contributed by atoms with Gasteiger partial charge in [-0.1, -0.05) is 0 Å². The maximum Gasteiger partial charge on any atom is 0.137 e. The first-order chi connectivity index (χ1) is 6.86. The Labute approximate surface area is 83.6 Å². The average Bonchev–Trinajstić information content (AvgIpc) is 2.27. The fourth-order valence-electron chi connectivity index (χ4n) is 1.63. The van der Waals surface area contributed by atoms with E-state index in [1.807, 2.05) is 12.1 Å². The second-order valence-electron chi connectivity index (χ2n) is 3.04. The lowest BCUT2D eigenvalue weighted by molar-refractivity contribution is 0.165. The molecular formula is C11H12O3. The van der Waals surface area contributed by atoms with Crippen molar-refractivity contribution in [1.82, 2.24) is 0 Å². The van der Waals surface area contributed by atoms with Crippen LogP contribution in [0.25, 0.3) is 0 Å². The Morgan fingerprint density at radius 3 is 2.43 bits per heavy atom. The summed E-state index contributed by atoms with van der Waals surface area (Å²) in [6.45, 7) is 3.34. The largest absolute Gasteiger partial charge is 0.496 e. The van der Waals surface area contributed by atoms with E-state index in [1.165, 1.54) is 0 Å². The van der Waals surface area contributed by atoms with Gasteiger partial charge in [0, 0.05) is 17.5 Å². The van der Waals surface area contributed by atoms with Crippen LogP contribution in [0.2, 0.25) is 0 Å². The van der Waals surface area contributed by atoms with Crippen LogP contribution in [-0.2, 0) is 17.8 Å². The third-order valence-electron chi connectivity index (χ3n) is 2.35. The van der Waals surface area contributed by atoms with Gasteiger partial charge >= 0.3 is 0 Å². The normalized spacial score (nSPS) is 14.7. The van der Waals surface area contributed by atoms with E-state index in [2.05, 4.69) is 6.61 Å². The van der Waals surface area contributed by atoms with Crippen molar-refractivity contribution in [2.24, 2.45) is 0 Å². The zero-order chi connectivity index (χ0) is 9.97. The van der Waals surface area contributed by atoms with Crippen LogP contribution in [0.1, 0.15) is 11.1 Å². The van der Waals surface area contributed by atoms with Crippen molar-refractivity contribution in [2.45, 2.75) is 13.0 Å². The van der Waals surface area contributed by atoms with Crippen LogP contribution in [-0.4, -0.2) is 14.2 Å². The zero-order valence-corrected chi connectivity index (χ0v) is 8.29. The highest BCUT2D eigenvalue weighted by atomic mass is 16.5. The predicted octanol–water partition coefficient (Wildman–Crippen LogP) is 1.82. The molecule has 3 nitrogen and oxygen atoms in total. The molecule has 0 saturated heterocycles. The lowest BCUT2D eigenvalue weighted by Crippen LogP contribution is -2.09. The first kappa shape index (κ1) is 9.34. The van der Waals surface area contributed by atoms with E-state index in [9.17, 15) is 0 Å². The molecule has 0 saturated carbocycles. The van der Waals surface area contributed by atoms with Gasteiger partial charge in [-0.05, 0) is 12.1 Å². The van der Waals surface area contributed by atoms with Gasteiger partial charge in [0.1, 0.15) is 18.1 Å². The highest BCUT2D eigenvalue weighted by Gasteiger charge is 2.18. The summed E-state index contributed by atoms with van der Waals surface area (Å²) in [5, 5.41) is 0. The van der Waals surface area contributed by atoms with E-state index in [1.54, 1.807) is 14.2 Å². The summed E-state index contributed by atoms with van der Waals surface area (Å²) in [7, 11) is 3.32. The molecule has 2 rings (SSSR count). The van der Waals surface area contributed by atoms with Gasteiger partial charge in [-0.25, -0.2) is 0 Å². The van der Waals surface area contributed by atoms with Gasteiger partial charge in [0.25, 0.3) is 0 Å². The van der Waals surface area contributed by atoms with Crippen LogP contribution in [0.4, 0.5) is 0 Å². The molecule has 0 aliphatic carbocycles. The number of methoxy groups -OCH3 is 2. The summed E-state index contributed by atoms with van der Waals surface area (Å²) in [4.78, 5) is 0. The lowest BCUT2D eigenvalue weighted by atomic mass is 10.0. The summed E-state index contributed by atoms with van der Waals surface area (Å²) < 4.78 is 15.7. The minimum Gasteiger partial charge on any atom is -0.496 e. The number of benzene rings is 1. The number of ether oxygens (including phenoxy) is 3. The van der Waals surface area contributed by atoms with Crippen LogP contribution in [0.5, 0.6) is 11.5 Å². The summed E-state index contributed by atoms with van der Waals surface area (Å²) in [6.07, 6.45) is 0.649. The summed E-state index contributed by atoms with van der Waals surface area (Å²) in [5.41, 5.74) is 2.17. The summed E-state index contributed by atoms with van der Waals surface area (Å²) in [6, 6.07) is 3.80. The molecule has 0 N–H and O–H groups in total. The molecule has 0 amide bonds. The SMILES string of the molecule is COc1ccc(OC)c2c1C[C]OC2. The van der Waals surface area contributed by atoms with Crippen molar-refractivity contribution < 1.29 is 14.2 Å². The van der Waals surface area contributed by atoms with Crippen LogP contribution in [0.3, 0.4) is 0 Å². The number of rotatable bonds is 2. The smallest absolute Gasteiger partial charge is 0.137 e. The summed E-state index contributed by atoms with van der Waals surface area (Å²) in [5.74, 6) is 1.72. The van der Waals surface area contributed by atoms with Gasteiger partial charge < -0.3 is 14.2 Å². The van der Waals surface area contributed by atoms with Crippen LogP contribution in [0, 0.1) is 6.61 Å². The molecule has 0 spiro atoms. The Morgan fingerprint density at radius 2 is 1.79 bits per heavy atom. The van der Waals surface area contributed by atoms with Crippen molar-refractivity contribution in [1.29, 1.82) is 0 Å². The van der Waals surface area contributed by atoms with Crippen LogP contribution in [0.15, 0.2) is 12.1 Å². The Kier molecular flexibility index (Phi) is 2.59. The Bertz CT molecular complexity index is 301. The second kappa shape index (κ2) is 3.88. The van der Waals surface area contributed by atoms with E-state index in [0.29, 0.717) is 13.0 Å². The van der Waals surface area contributed by atoms with Crippen molar-refractivity contribution in [3.63, 3.8) is 0 Å². The van der Waals surface area contributed by atoms with Crippen LogP contribution < -0.4 is 9.47 Å². The van der Waals surface area contributed by atoms with Gasteiger partial charge in [-0.2, -0.15) is 0 Å². The number of fused-ring (bicyclic) bond motifs is 1. The first-order valence-electron chi connectivity index (χ1n) is 4.44. The summed E-state index contributed by atoms with van der Waals surface area (Å²) >= 11 is 0. The van der Waals surface area contributed by atoms with Crippen LogP contribution >= 0.6 is 0 Å². The molecule has 2 radical (unpaired) electrons. The van der Waals surface area contributed by atoms with E-state index in [-0.39, 0.29) is 0 Å². The van der Waals surface area contributed by atoms with E-state index < -0.39 is 0 Å². The molecule has 74 valence electrons. The maximum atomic E-state index is 5.26. The van der Waals surface area contributed by atoms with Crippen molar-refractivity contribution >= 4 is 0 Å². The van der Waals surface area contributed by atoms with E-state index >= 15 is 0 Å². The molecule has 0 atom stereocenters. The molecule has 0 fully saturated rings. The highest BCUT2D eigenvalue weighted by molar-refractivity contribution is 5.49. The molecular weight excluding hydrogens is 180 g/mol. The molecule has 1 heterocycles. The molecule has 1 aromatic carbocycles. The predicted molar refractivity (Wildman–Crippen MR) is 51.3 cm³/mol. The van der Waals surface area contributed by atoms with Gasteiger partial charge in [0.2, 0.25) is 0 Å². The van der Waals surface area contributed by atoms with E-state index in [4.69, 9.17) is 14.2 Å². The minimum absolute atomic E-state index is 0.510. The fraction of sp³-hybridized carbons (Fsp3) is 0.364. The minimum atomic E-state index is 0.510. The van der Waals surface area contributed by atoms with Gasteiger partial charge in [-0.3, -0.25) is 0 Å². The number of hydrogen-bond donors (Lipinski definition) is 0. The second-order valence-corrected chi connectivity index (χ2v) is 3.04. The third-order valence-corrected chi connectivity index (χ3v) is 2.35. The lowest BCUT2D eigenvalue weighted by Gasteiger charge is -2.20. The van der Waals surface area contributed by atoms with Crippen molar-refractivity contribution in [2.75, 3.05) is 14.2 Å². The average molecular weight is 192 g/mol. The molecule has 14 heavy (non-hydrogen) atoms. The first-order valence-corrected chi connectivity index (χ1v) is 4.44. The standard InChI is InChI=1S/C11H12O3/c1-12-10-3-4-11(13-2)9-7-14-6-5-8(9)10/h3-4H,5,7H2,1-2H3. The molecule has 1 aliphatic rings. The quantitative estimate of drug-likeness (QED) is 0.715. The molecule has 0 unspecified atom stereocenters. The monoisotopic (exact) mass is 192 g/mol. The fourth-order valence-corrected chi connectivity index (χ4v) is 1.63. The van der Waals surface area contributed by atoms with Gasteiger partial charge in [-0.15, -0.1) is 0 Å². The highest BCUT2D eigenvalue weighted by Crippen LogP contribution is 2.34. The molecule has 1 aromatic rings. The van der Waals surface area contributed by atoms with Gasteiger partial charge in [0.05, 0.1) is 20.8 Å². The Hall–Kier alpha value is -1.22. The number of hydrogen-bond acceptors (Lipinski definition) is 3.